The van der Waals surface area contributed by atoms with Gasteiger partial charge in [0.25, 0.3) is 0 Å². The van der Waals surface area contributed by atoms with Gasteiger partial charge in [-0.1, -0.05) is 26.3 Å². The van der Waals surface area contributed by atoms with E-state index in [0.29, 0.717) is 0 Å². The summed E-state index contributed by atoms with van der Waals surface area (Å²) < 4.78 is 5.15. The molecule has 0 fully saturated rings. The monoisotopic (exact) mass is 143 g/mol. The van der Waals surface area contributed by atoms with Crippen LogP contribution in [-0.4, -0.2) is 12.8 Å². The smallest absolute Gasteiger partial charge is 0.124 e. The highest BCUT2D eigenvalue weighted by Crippen LogP contribution is 1.95. The number of rotatable bonds is 6. The molecular weight excluding hydrogens is 126 g/mol. The van der Waals surface area contributed by atoms with Crippen molar-refractivity contribution >= 4 is 0 Å². The molecule has 0 aliphatic carbocycles. The molecule has 0 aromatic heterocycles. The number of ether oxygens (including phenoxy) is 1. The highest BCUT2D eigenvalue weighted by molar-refractivity contribution is 4.73. The van der Waals surface area contributed by atoms with Gasteiger partial charge in [-0.2, -0.15) is 0 Å². The quantitative estimate of drug-likeness (QED) is 0.348. The van der Waals surface area contributed by atoms with Gasteiger partial charge in [0.05, 0.1) is 0 Å². The standard InChI is InChI=1S/C8H17NO/c1-3-5-6-7-10-8(9)4-2/h4,8H,2-3,5-7,9H2,1H3. The maximum atomic E-state index is 5.41. The molecule has 0 aromatic carbocycles. The van der Waals surface area contributed by atoms with Gasteiger partial charge >= 0.3 is 0 Å². The molecule has 0 heterocycles. The summed E-state index contributed by atoms with van der Waals surface area (Å²) in [5.41, 5.74) is 5.41. The van der Waals surface area contributed by atoms with E-state index in [1.165, 1.54) is 12.8 Å². The van der Waals surface area contributed by atoms with Gasteiger partial charge in [0, 0.05) is 6.61 Å². The topological polar surface area (TPSA) is 35.2 Å². The second kappa shape index (κ2) is 6.78. The van der Waals surface area contributed by atoms with E-state index in [4.69, 9.17) is 10.5 Å². The third-order valence-electron chi connectivity index (χ3n) is 1.29. The number of hydrogen-bond acceptors (Lipinski definition) is 2. The Morgan fingerprint density at radius 3 is 2.80 bits per heavy atom. The maximum absolute atomic E-state index is 5.41. The molecule has 0 aromatic rings. The van der Waals surface area contributed by atoms with Gasteiger partial charge in [-0.3, -0.25) is 0 Å². The zero-order valence-electron chi connectivity index (χ0n) is 6.68. The van der Waals surface area contributed by atoms with Crippen molar-refractivity contribution in [1.29, 1.82) is 0 Å². The van der Waals surface area contributed by atoms with Crippen LogP contribution in [0.25, 0.3) is 0 Å². The van der Waals surface area contributed by atoms with Crippen molar-refractivity contribution in [2.45, 2.75) is 32.4 Å². The van der Waals surface area contributed by atoms with Crippen molar-refractivity contribution < 1.29 is 4.74 Å². The van der Waals surface area contributed by atoms with E-state index in [-0.39, 0.29) is 6.23 Å². The third-order valence-corrected chi connectivity index (χ3v) is 1.29. The molecule has 0 saturated carbocycles. The SMILES string of the molecule is C=CC(N)OCCCCC. The molecule has 0 saturated heterocycles. The second-order valence-corrected chi connectivity index (χ2v) is 2.28. The maximum Gasteiger partial charge on any atom is 0.124 e. The van der Waals surface area contributed by atoms with E-state index >= 15 is 0 Å². The van der Waals surface area contributed by atoms with Gasteiger partial charge in [-0.15, -0.1) is 0 Å². The Hall–Kier alpha value is -0.340. The van der Waals surface area contributed by atoms with Gasteiger partial charge in [0.2, 0.25) is 0 Å². The normalized spacial score (nSPS) is 13.0. The molecule has 2 N–H and O–H groups in total. The molecule has 0 bridgehead atoms. The first-order valence-corrected chi connectivity index (χ1v) is 3.81. The first-order valence-electron chi connectivity index (χ1n) is 3.81. The van der Waals surface area contributed by atoms with Crippen LogP contribution in [0.1, 0.15) is 26.2 Å². The van der Waals surface area contributed by atoms with Crippen LogP contribution < -0.4 is 5.73 Å². The summed E-state index contributed by atoms with van der Waals surface area (Å²) in [5, 5.41) is 0. The molecule has 1 atom stereocenters. The summed E-state index contributed by atoms with van der Waals surface area (Å²) in [5.74, 6) is 0. The van der Waals surface area contributed by atoms with Crippen molar-refractivity contribution in [3.8, 4) is 0 Å². The predicted molar refractivity (Wildman–Crippen MR) is 43.6 cm³/mol. The molecule has 2 nitrogen and oxygen atoms in total. The highest BCUT2D eigenvalue weighted by atomic mass is 16.5. The lowest BCUT2D eigenvalue weighted by Crippen LogP contribution is -2.20. The minimum absolute atomic E-state index is 0.281. The van der Waals surface area contributed by atoms with E-state index in [2.05, 4.69) is 13.5 Å². The first kappa shape index (κ1) is 9.66. The lowest BCUT2D eigenvalue weighted by Gasteiger charge is -2.06. The van der Waals surface area contributed by atoms with Crippen molar-refractivity contribution in [3.63, 3.8) is 0 Å². The lowest BCUT2D eigenvalue weighted by molar-refractivity contribution is 0.0867. The Bertz CT molecular complexity index is 83.3. The summed E-state index contributed by atoms with van der Waals surface area (Å²) in [7, 11) is 0. The van der Waals surface area contributed by atoms with Crippen LogP contribution in [0.3, 0.4) is 0 Å². The fraction of sp³-hybridized carbons (Fsp3) is 0.750. The zero-order chi connectivity index (χ0) is 7.82. The average Bonchev–Trinajstić information content (AvgIpc) is 1.98. The predicted octanol–water partition coefficient (Wildman–Crippen LogP) is 1.66. The summed E-state index contributed by atoms with van der Waals surface area (Å²) in [4.78, 5) is 0. The molecule has 0 aliphatic rings. The van der Waals surface area contributed by atoms with Crippen LogP contribution in [0, 0.1) is 0 Å². The first-order chi connectivity index (χ1) is 4.81. The van der Waals surface area contributed by atoms with E-state index in [1.54, 1.807) is 6.08 Å². The molecule has 0 rings (SSSR count). The summed E-state index contributed by atoms with van der Waals surface area (Å²) in [6, 6.07) is 0. The number of unbranched alkanes of at least 4 members (excludes halogenated alkanes) is 2. The lowest BCUT2D eigenvalue weighted by atomic mass is 10.3. The van der Waals surface area contributed by atoms with Crippen molar-refractivity contribution in [1.82, 2.24) is 0 Å². The van der Waals surface area contributed by atoms with Gasteiger partial charge in [-0.05, 0) is 12.5 Å². The van der Waals surface area contributed by atoms with Crippen LogP contribution in [0.15, 0.2) is 12.7 Å². The Morgan fingerprint density at radius 2 is 2.30 bits per heavy atom. The summed E-state index contributed by atoms with van der Waals surface area (Å²) >= 11 is 0. The van der Waals surface area contributed by atoms with Gasteiger partial charge < -0.3 is 10.5 Å². The van der Waals surface area contributed by atoms with Crippen LogP contribution >= 0.6 is 0 Å². The van der Waals surface area contributed by atoms with E-state index in [0.717, 1.165) is 13.0 Å². The Balaban J connectivity index is 2.95. The largest absolute Gasteiger partial charge is 0.360 e. The molecule has 60 valence electrons. The van der Waals surface area contributed by atoms with E-state index in [9.17, 15) is 0 Å². The summed E-state index contributed by atoms with van der Waals surface area (Å²) in [6.45, 7) is 6.42. The van der Waals surface area contributed by atoms with Crippen LogP contribution in [0.4, 0.5) is 0 Å². The molecular formula is C8H17NO. The minimum Gasteiger partial charge on any atom is -0.360 e. The summed E-state index contributed by atoms with van der Waals surface area (Å²) in [6.07, 6.45) is 4.84. The molecule has 2 heteroatoms. The molecule has 0 radical (unpaired) electrons. The molecule has 0 aliphatic heterocycles. The zero-order valence-corrected chi connectivity index (χ0v) is 6.68. The fourth-order valence-electron chi connectivity index (χ4n) is 0.640. The van der Waals surface area contributed by atoms with Crippen molar-refractivity contribution in [3.05, 3.63) is 12.7 Å². The Labute approximate surface area is 63.1 Å². The van der Waals surface area contributed by atoms with Crippen molar-refractivity contribution in [2.75, 3.05) is 6.61 Å². The molecule has 0 amide bonds. The van der Waals surface area contributed by atoms with Crippen LogP contribution in [0.5, 0.6) is 0 Å². The number of nitrogens with two attached hydrogens (primary N) is 1. The Morgan fingerprint density at radius 1 is 1.60 bits per heavy atom. The molecule has 0 spiro atoms. The number of hydrogen-bond donors (Lipinski definition) is 1. The van der Waals surface area contributed by atoms with E-state index < -0.39 is 0 Å². The minimum atomic E-state index is -0.281. The van der Waals surface area contributed by atoms with Crippen LogP contribution in [0.2, 0.25) is 0 Å². The fourth-order valence-corrected chi connectivity index (χ4v) is 0.640. The molecule has 1 unspecified atom stereocenters. The van der Waals surface area contributed by atoms with Crippen molar-refractivity contribution in [2.24, 2.45) is 5.73 Å². The second-order valence-electron chi connectivity index (χ2n) is 2.28. The molecule has 10 heavy (non-hydrogen) atoms. The third kappa shape index (κ3) is 5.79. The average molecular weight is 143 g/mol. The van der Waals surface area contributed by atoms with E-state index in [1.807, 2.05) is 0 Å². The Kier molecular flexibility index (Phi) is 6.55. The van der Waals surface area contributed by atoms with Gasteiger partial charge in [-0.25, -0.2) is 0 Å². The van der Waals surface area contributed by atoms with Crippen LogP contribution in [-0.2, 0) is 4.74 Å². The van der Waals surface area contributed by atoms with Gasteiger partial charge in [0.15, 0.2) is 0 Å². The van der Waals surface area contributed by atoms with Gasteiger partial charge in [0.1, 0.15) is 6.23 Å². The highest BCUT2D eigenvalue weighted by Gasteiger charge is 1.93.